The van der Waals surface area contributed by atoms with Crippen molar-refractivity contribution < 1.29 is 14.3 Å². The summed E-state index contributed by atoms with van der Waals surface area (Å²) >= 11 is 0. The predicted molar refractivity (Wildman–Crippen MR) is 57.9 cm³/mol. The summed E-state index contributed by atoms with van der Waals surface area (Å²) in [4.78, 5) is 10.6. The molecule has 0 radical (unpaired) electrons. The number of nitrogens with two attached hydrogens (primary N) is 1. The van der Waals surface area contributed by atoms with Gasteiger partial charge in [0.2, 0.25) is 0 Å². The van der Waals surface area contributed by atoms with Crippen LogP contribution < -0.4 is 11.1 Å². The third kappa shape index (κ3) is 1.74. The van der Waals surface area contributed by atoms with E-state index >= 15 is 0 Å². The molecule has 1 aliphatic rings. The molecule has 5 heteroatoms. The van der Waals surface area contributed by atoms with Gasteiger partial charge in [-0.25, -0.2) is 4.39 Å². The van der Waals surface area contributed by atoms with E-state index in [9.17, 15) is 9.18 Å². The minimum Gasteiger partial charge on any atom is -0.480 e. The first-order chi connectivity index (χ1) is 7.53. The Morgan fingerprint density at radius 3 is 3.00 bits per heavy atom. The quantitative estimate of drug-likeness (QED) is 0.718. The average Bonchev–Trinajstić information content (AvgIpc) is 2.57. The van der Waals surface area contributed by atoms with Gasteiger partial charge in [-0.3, -0.25) is 4.79 Å². The van der Waals surface area contributed by atoms with Crippen LogP contribution in [0.3, 0.4) is 0 Å². The van der Waals surface area contributed by atoms with E-state index in [1.165, 1.54) is 0 Å². The smallest absolute Gasteiger partial charge is 0.320 e. The van der Waals surface area contributed by atoms with E-state index in [4.69, 9.17) is 10.8 Å². The first-order valence-electron chi connectivity index (χ1n) is 5.03. The number of hydrogen-bond donors (Lipinski definition) is 3. The maximum absolute atomic E-state index is 14.5. The molecule has 1 aliphatic heterocycles. The minimum absolute atomic E-state index is 0.0767. The van der Waals surface area contributed by atoms with Crippen LogP contribution in [0.15, 0.2) is 24.3 Å². The molecule has 2 unspecified atom stereocenters. The molecule has 0 bridgehead atoms. The van der Waals surface area contributed by atoms with Gasteiger partial charge >= 0.3 is 5.97 Å². The van der Waals surface area contributed by atoms with Gasteiger partial charge in [0, 0.05) is 17.7 Å². The fourth-order valence-electron chi connectivity index (χ4n) is 1.98. The van der Waals surface area contributed by atoms with Gasteiger partial charge in [0.05, 0.1) is 6.54 Å². The van der Waals surface area contributed by atoms with Crippen molar-refractivity contribution >= 4 is 11.7 Å². The molecular weight excluding hydrogens is 211 g/mol. The highest BCUT2D eigenvalue weighted by atomic mass is 19.1. The Hall–Kier alpha value is -1.62. The fraction of sp³-hybridized carbons (Fsp3) is 0.364. The van der Waals surface area contributed by atoms with E-state index in [-0.39, 0.29) is 13.0 Å². The second-order valence-corrected chi connectivity index (χ2v) is 4.01. The summed E-state index contributed by atoms with van der Waals surface area (Å²) in [6.45, 7) is 0.0767. The third-order valence-corrected chi connectivity index (χ3v) is 2.83. The van der Waals surface area contributed by atoms with Gasteiger partial charge in [-0.15, -0.1) is 0 Å². The van der Waals surface area contributed by atoms with Crippen LogP contribution in [0.25, 0.3) is 0 Å². The SMILES string of the molecule is NC(CC1(F)CNc2ccccc21)C(=O)O. The van der Waals surface area contributed by atoms with Crippen molar-refractivity contribution in [2.75, 3.05) is 11.9 Å². The van der Waals surface area contributed by atoms with E-state index < -0.39 is 17.7 Å². The number of carboxylic acid groups (broad SMARTS) is 1. The number of fused-ring (bicyclic) bond motifs is 1. The number of para-hydroxylation sites is 1. The van der Waals surface area contributed by atoms with Crippen molar-refractivity contribution in [3.8, 4) is 0 Å². The van der Waals surface area contributed by atoms with Gasteiger partial charge in [0.1, 0.15) is 6.04 Å². The number of anilines is 1. The molecule has 0 aliphatic carbocycles. The van der Waals surface area contributed by atoms with E-state index in [0.29, 0.717) is 11.3 Å². The first kappa shape index (κ1) is 10.9. The van der Waals surface area contributed by atoms with Crippen molar-refractivity contribution in [2.24, 2.45) is 5.73 Å². The number of carboxylic acids is 1. The molecule has 0 amide bonds. The zero-order chi connectivity index (χ0) is 11.8. The molecule has 1 aromatic carbocycles. The third-order valence-electron chi connectivity index (χ3n) is 2.83. The fourth-order valence-corrected chi connectivity index (χ4v) is 1.98. The van der Waals surface area contributed by atoms with Crippen LogP contribution in [0.5, 0.6) is 0 Å². The molecule has 0 aromatic heterocycles. The Bertz CT molecular complexity index is 424. The molecular formula is C11H13FN2O2. The Morgan fingerprint density at radius 1 is 1.62 bits per heavy atom. The summed E-state index contributed by atoms with van der Waals surface area (Å²) in [6, 6.07) is 5.77. The molecule has 2 atom stereocenters. The molecule has 86 valence electrons. The van der Waals surface area contributed by atoms with Crippen molar-refractivity contribution in [3.05, 3.63) is 29.8 Å². The number of alkyl halides is 1. The zero-order valence-corrected chi connectivity index (χ0v) is 8.61. The van der Waals surface area contributed by atoms with Crippen molar-refractivity contribution in [3.63, 3.8) is 0 Å². The number of hydrogen-bond acceptors (Lipinski definition) is 3. The van der Waals surface area contributed by atoms with Gasteiger partial charge in [-0.1, -0.05) is 18.2 Å². The lowest BCUT2D eigenvalue weighted by Crippen LogP contribution is -2.38. The standard InChI is InChI=1S/C11H13FN2O2/c12-11(5-8(13)10(15)16)6-14-9-4-2-1-3-7(9)11/h1-4,8,14H,5-6,13H2,(H,15,16). The highest BCUT2D eigenvalue weighted by Crippen LogP contribution is 2.40. The van der Waals surface area contributed by atoms with Crippen LogP contribution in [0.1, 0.15) is 12.0 Å². The lowest BCUT2D eigenvalue weighted by atomic mass is 9.91. The van der Waals surface area contributed by atoms with Gasteiger partial charge in [0.15, 0.2) is 5.67 Å². The van der Waals surface area contributed by atoms with Crippen LogP contribution >= 0.6 is 0 Å². The van der Waals surface area contributed by atoms with Gasteiger partial charge in [0.25, 0.3) is 0 Å². The van der Waals surface area contributed by atoms with Gasteiger partial charge < -0.3 is 16.2 Å². The summed E-state index contributed by atoms with van der Waals surface area (Å²) in [6.07, 6.45) is -0.216. The molecule has 1 aromatic rings. The van der Waals surface area contributed by atoms with Crippen LogP contribution in [0.4, 0.5) is 10.1 Å². The Kier molecular flexibility index (Phi) is 2.55. The minimum atomic E-state index is -1.69. The molecule has 0 spiro atoms. The largest absolute Gasteiger partial charge is 0.480 e. The maximum Gasteiger partial charge on any atom is 0.320 e. The maximum atomic E-state index is 14.5. The van der Waals surface area contributed by atoms with E-state index in [1.54, 1.807) is 24.3 Å². The van der Waals surface area contributed by atoms with Crippen molar-refractivity contribution in [1.82, 2.24) is 0 Å². The average molecular weight is 224 g/mol. The number of halogens is 1. The molecule has 0 saturated carbocycles. The first-order valence-corrected chi connectivity index (χ1v) is 5.03. The summed E-state index contributed by atoms with van der Waals surface area (Å²) in [5.74, 6) is -1.18. The van der Waals surface area contributed by atoms with Crippen LogP contribution in [0.2, 0.25) is 0 Å². The Morgan fingerprint density at radius 2 is 2.31 bits per heavy atom. The van der Waals surface area contributed by atoms with Crippen molar-refractivity contribution in [1.29, 1.82) is 0 Å². The highest BCUT2D eigenvalue weighted by Gasteiger charge is 2.41. The highest BCUT2D eigenvalue weighted by molar-refractivity contribution is 5.73. The number of nitrogens with one attached hydrogen (secondary N) is 1. The second kappa shape index (κ2) is 3.75. The summed E-state index contributed by atoms with van der Waals surface area (Å²) in [5.41, 5.74) is 4.89. The summed E-state index contributed by atoms with van der Waals surface area (Å²) in [7, 11) is 0. The van der Waals surface area contributed by atoms with Crippen molar-refractivity contribution in [2.45, 2.75) is 18.1 Å². The van der Waals surface area contributed by atoms with Crippen LogP contribution in [-0.2, 0) is 10.5 Å². The van der Waals surface area contributed by atoms with E-state index in [1.807, 2.05) is 0 Å². The van der Waals surface area contributed by atoms with E-state index in [2.05, 4.69) is 5.32 Å². The number of aliphatic carboxylic acids is 1. The number of benzene rings is 1. The molecule has 0 saturated heterocycles. The van der Waals surface area contributed by atoms with Gasteiger partial charge in [-0.05, 0) is 6.07 Å². The second-order valence-electron chi connectivity index (χ2n) is 4.01. The van der Waals surface area contributed by atoms with E-state index in [0.717, 1.165) is 0 Å². The van der Waals surface area contributed by atoms with Crippen LogP contribution in [-0.4, -0.2) is 23.7 Å². The zero-order valence-electron chi connectivity index (χ0n) is 8.61. The molecule has 4 N–H and O–H groups in total. The predicted octanol–water partition coefficient (Wildman–Crippen LogP) is 1.08. The summed E-state index contributed by atoms with van der Waals surface area (Å²) < 4.78 is 14.5. The topological polar surface area (TPSA) is 75.3 Å². The number of carbonyl (C=O) groups is 1. The van der Waals surface area contributed by atoms with Crippen LogP contribution in [0, 0.1) is 0 Å². The number of rotatable bonds is 3. The Balaban J connectivity index is 2.25. The lowest BCUT2D eigenvalue weighted by molar-refractivity contribution is -0.139. The monoisotopic (exact) mass is 224 g/mol. The molecule has 1 heterocycles. The van der Waals surface area contributed by atoms with Gasteiger partial charge in [-0.2, -0.15) is 0 Å². The Labute approximate surface area is 92.3 Å². The normalized spacial score (nSPS) is 24.6. The molecule has 16 heavy (non-hydrogen) atoms. The molecule has 2 rings (SSSR count). The lowest BCUT2D eigenvalue weighted by Gasteiger charge is -2.21. The summed E-state index contributed by atoms with van der Waals surface area (Å²) in [5, 5.41) is 11.6. The molecule has 0 fully saturated rings. The molecule has 4 nitrogen and oxygen atoms in total.